The van der Waals surface area contributed by atoms with Gasteiger partial charge in [0.05, 0.1) is 11.6 Å². The van der Waals surface area contributed by atoms with Gasteiger partial charge in [0.1, 0.15) is 5.82 Å². The van der Waals surface area contributed by atoms with E-state index < -0.39 is 0 Å². The second-order valence-corrected chi connectivity index (χ2v) is 4.64. The van der Waals surface area contributed by atoms with E-state index in [4.69, 9.17) is 11.6 Å². The van der Waals surface area contributed by atoms with E-state index in [0.29, 0.717) is 0 Å². The van der Waals surface area contributed by atoms with Gasteiger partial charge in [-0.05, 0) is 24.7 Å². The normalized spacial score (nSPS) is 11.4. The molecular weight excluding hydrogens is 264 g/mol. The highest BCUT2D eigenvalue weighted by Crippen LogP contribution is 2.20. The molecule has 6 nitrogen and oxygen atoms in total. The highest BCUT2D eigenvalue weighted by molar-refractivity contribution is 6.28. The molecule has 0 fully saturated rings. The van der Waals surface area contributed by atoms with Crippen LogP contribution in [0.3, 0.4) is 0 Å². The van der Waals surface area contributed by atoms with Crippen LogP contribution < -0.4 is 5.32 Å². The minimum absolute atomic E-state index is 0.237. The largest absolute Gasteiger partial charge is 0.368 e. The molecule has 0 saturated carbocycles. The van der Waals surface area contributed by atoms with Crippen LogP contribution in [0.15, 0.2) is 6.20 Å². The Morgan fingerprint density at radius 1 is 1.32 bits per heavy atom. The van der Waals surface area contributed by atoms with Crippen LogP contribution >= 0.6 is 11.6 Å². The van der Waals surface area contributed by atoms with Gasteiger partial charge in [0.15, 0.2) is 5.65 Å². The summed E-state index contributed by atoms with van der Waals surface area (Å²) in [5, 5.41) is 8.62. The van der Waals surface area contributed by atoms with Gasteiger partial charge in [0.25, 0.3) is 0 Å². The van der Waals surface area contributed by atoms with Crippen LogP contribution in [0, 0.1) is 0 Å². The van der Waals surface area contributed by atoms with Crippen LogP contribution in [0.25, 0.3) is 11.0 Å². The predicted octanol–water partition coefficient (Wildman–Crippen LogP) is 1.77. The van der Waals surface area contributed by atoms with E-state index in [-0.39, 0.29) is 5.28 Å². The molecule has 0 unspecified atom stereocenters. The highest BCUT2D eigenvalue weighted by atomic mass is 35.5. The number of hydrogen-bond acceptors (Lipinski definition) is 5. The highest BCUT2D eigenvalue weighted by Gasteiger charge is 2.10. The number of aromatic nitrogens is 4. The quantitative estimate of drug-likeness (QED) is 0.819. The van der Waals surface area contributed by atoms with Crippen molar-refractivity contribution in [2.45, 2.75) is 13.8 Å². The third kappa shape index (κ3) is 3.13. The summed E-state index contributed by atoms with van der Waals surface area (Å²) >= 11 is 5.94. The molecule has 0 spiro atoms. The molecular formula is C12H19ClN6. The maximum atomic E-state index is 5.94. The monoisotopic (exact) mass is 282 g/mol. The molecule has 7 heteroatoms. The summed E-state index contributed by atoms with van der Waals surface area (Å²) in [6.07, 6.45) is 1.76. The van der Waals surface area contributed by atoms with Gasteiger partial charge in [-0.15, -0.1) is 0 Å². The number of hydrogen-bond donors (Lipinski definition) is 1. The summed E-state index contributed by atoms with van der Waals surface area (Å²) in [6, 6.07) is 0. The van der Waals surface area contributed by atoms with Crippen molar-refractivity contribution >= 4 is 28.5 Å². The molecule has 0 radical (unpaired) electrons. The van der Waals surface area contributed by atoms with Gasteiger partial charge in [0, 0.05) is 20.1 Å². The van der Waals surface area contributed by atoms with Gasteiger partial charge >= 0.3 is 0 Å². The summed E-state index contributed by atoms with van der Waals surface area (Å²) in [7, 11) is 1.84. The second-order valence-electron chi connectivity index (χ2n) is 4.30. The van der Waals surface area contributed by atoms with Gasteiger partial charge in [-0.3, -0.25) is 4.68 Å². The summed E-state index contributed by atoms with van der Waals surface area (Å²) < 4.78 is 1.69. The van der Waals surface area contributed by atoms with Gasteiger partial charge in [0.2, 0.25) is 5.28 Å². The van der Waals surface area contributed by atoms with Crippen molar-refractivity contribution in [2.75, 3.05) is 31.5 Å². The van der Waals surface area contributed by atoms with E-state index in [2.05, 4.69) is 39.1 Å². The number of halogens is 1. The molecule has 0 aromatic carbocycles. The number of rotatable bonds is 6. The van der Waals surface area contributed by atoms with E-state index in [9.17, 15) is 0 Å². The molecule has 0 aliphatic carbocycles. The zero-order valence-electron chi connectivity index (χ0n) is 11.5. The van der Waals surface area contributed by atoms with Crippen molar-refractivity contribution in [1.82, 2.24) is 24.6 Å². The van der Waals surface area contributed by atoms with Crippen molar-refractivity contribution < 1.29 is 0 Å². The van der Waals surface area contributed by atoms with Gasteiger partial charge in [-0.25, -0.2) is 0 Å². The Kier molecular flexibility index (Phi) is 4.55. The molecule has 19 heavy (non-hydrogen) atoms. The van der Waals surface area contributed by atoms with Crippen LogP contribution in [0.4, 0.5) is 5.82 Å². The van der Waals surface area contributed by atoms with Gasteiger partial charge in [-0.1, -0.05) is 13.8 Å². The fourth-order valence-corrected chi connectivity index (χ4v) is 2.17. The van der Waals surface area contributed by atoms with E-state index in [1.807, 2.05) is 7.05 Å². The zero-order valence-corrected chi connectivity index (χ0v) is 12.3. The lowest BCUT2D eigenvalue weighted by atomic mass is 10.4. The minimum Gasteiger partial charge on any atom is -0.368 e. The smallest absolute Gasteiger partial charge is 0.226 e. The fourth-order valence-electron chi connectivity index (χ4n) is 2.00. The third-order valence-electron chi connectivity index (χ3n) is 3.18. The third-order valence-corrected chi connectivity index (χ3v) is 3.35. The average molecular weight is 283 g/mol. The second kappa shape index (κ2) is 6.16. The number of fused-ring (bicyclic) bond motifs is 1. The predicted molar refractivity (Wildman–Crippen MR) is 77.6 cm³/mol. The fraction of sp³-hybridized carbons (Fsp3) is 0.583. The van der Waals surface area contributed by atoms with Crippen LogP contribution in [-0.2, 0) is 7.05 Å². The first-order valence-electron chi connectivity index (χ1n) is 6.47. The zero-order chi connectivity index (χ0) is 13.8. The first-order chi connectivity index (χ1) is 9.15. The average Bonchev–Trinajstić information content (AvgIpc) is 2.76. The Bertz CT molecular complexity index is 548. The van der Waals surface area contributed by atoms with Crippen molar-refractivity contribution in [3.8, 4) is 0 Å². The number of anilines is 1. The molecule has 0 amide bonds. The molecule has 1 N–H and O–H groups in total. The topological polar surface area (TPSA) is 58.9 Å². The van der Waals surface area contributed by atoms with Crippen molar-refractivity contribution in [3.63, 3.8) is 0 Å². The van der Waals surface area contributed by atoms with Crippen LogP contribution in [0.1, 0.15) is 13.8 Å². The summed E-state index contributed by atoms with van der Waals surface area (Å²) in [5.41, 5.74) is 0.741. The lowest BCUT2D eigenvalue weighted by Crippen LogP contribution is -2.28. The van der Waals surface area contributed by atoms with Gasteiger partial charge < -0.3 is 10.2 Å². The molecule has 0 aliphatic rings. The Hall–Kier alpha value is -1.40. The Balaban J connectivity index is 2.12. The molecule has 104 valence electrons. The Morgan fingerprint density at radius 2 is 2.05 bits per heavy atom. The first-order valence-corrected chi connectivity index (χ1v) is 6.85. The molecule has 0 saturated heterocycles. The van der Waals surface area contributed by atoms with E-state index >= 15 is 0 Å². The standard InChI is InChI=1S/C12H19ClN6/c1-4-19(5-2)7-6-14-10-9-8-15-18(3)11(9)17-12(13)16-10/h8H,4-7H2,1-3H3,(H,14,16,17). The van der Waals surface area contributed by atoms with Crippen LogP contribution in [0.5, 0.6) is 0 Å². The number of nitrogens with one attached hydrogen (secondary N) is 1. The molecule has 0 atom stereocenters. The van der Waals surface area contributed by atoms with Gasteiger partial charge in [-0.2, -0.15) is 15.1 Å². The maximum Gasteiger partial charge on any atom is 0.226 e. The summed E-state index contributed by atoms with van der Waals surface area (Å²) in [5.74, 6) is 0.746. The van der Waals surface area contributed by atoms with E-state index in [0.717, 1.165) is 43.0 Å². The number of likely N-dealkylation sites (N-methyl/N-ethyl adjacent to an activating group) is 1. The molecule has 0 bridgehead atoms. The number of aryl methyl sites for hydroxylation is 1. The molecule has 2 aromatic rings. The van der Waals surface area contributed by atoms with Crippen molar-refractivity contribution in [2.24, 2.45) is 7.05 Å². The maximum absolute atomic E-state index is 5.94. The Labute approximate surface area is 117 Å². The minimum atomic E-state index is 0.237. The Morgan fingerprint density at radius 3 is 2.74 bits per heavy atom. The van der Waals surface area contributed by atoms with Crippen LogP contribution in [0.2, 0.25) is 5.28 Å². The molecule has 2 rings (SSSR count). The lowest BCUT2D eigenvalue weighted by molar-refractivity contribution is 0.316. The first kappa shape index (κ1) is 14.0. The molecule has 0 aliphatic heterocycles. The molecule has 2 aromatic heterocycles. The lowest BCUT2D eigenvalue weighted by Gasteiger charge is -2.18. The van der Waals surface area contributed by atoms with Crippen LogP contribution in [-0.4, -0.2) is 50.8 Å². The van der Waals surface area contributed by atoms with E-state index in [1.165, 1.54) is 0 Å². The van der Waals surface area contributed by atoms with E-state index in [1.54, 1.807) is 10.9 Å². The van der Waals surface area contributed by atoms with Crippen molar-refractivity contribution in [3.05, 3.63) is 11.5 Å². The SMILES string of the molecule is CCN(CC)CCNc1nc(Cl)nc2c1cnn2C. The molecule has 2 heterocycles. The number of nitrogens with zero attached hydrogens (tertiary/aromatic N) is 5. The van der Waals surface area contributed by atoms with Crippen molar-refractivity contribution in [1.29, 1.82) is 0 Å². The summed E-state index contributed by atoms with van der Waals surface area (Å²) in [4.78, 5) is 10.8. The summed E-state index contributed by atoms with van der Waals surface area (Å²) in [6.45, 7) is 8.19.